The molecule has 0 radical (unpaired) electrons. The average Bonchev–Trinajstić information content (AvgIpc) is 2.95. The molecule has 0 spiro atoms. The van der Waals surface area contributed by atoms with Gasteiger partial charge in [0.1, 0.15) is 0 Å². The topological polar surface area (TPSA) is 0 Å². The molecule has 5 heteroatoms. The molecule has 2 rings (SSSR count). The molecule has 0 nitrogen and oxygen atoms in total. The minimum atomic E-state index is 0.877. The van der Waals surface area contributed by atoms with Crippen molar-refractivity contribution < 1.29 is 0 Å². The Morgan fingerprint density at radius 1 is 1.27 bits per heavy atom. The summed E-state index contributed by atoms with van der Waals surface area (Å²) in [6.07, 6.45) is 1.40. The van der Waals surface area contributed by atoms with E-state index in [2.05, 4.69) is 53.0 Å². The van der Waals surface area contributed by atoms with Gasteiger partial charge in [0.15, 0.2) is 0 Å². The van der Waals surface area contributed by atoms with Crippen molar-refractivity contribution in [1.29, 1.82) is 0 Å². The van der Waals surface area contributed by atoms with E-state index < -0.39 is 0 Å². The quantitative estimate of drug-likeness (QED) is 0.374. The number of hydrogen-bond donors (Lipinski definition) is 0. The van der Waals surface area contributed by atoms with Crippen molar-refractivity contribution >= 4 is 56.9 Å². The summed E-state index contributed by atoms with van der Waals surface area (Å²) in [6, 6.07) is 0. The van der Waals surface area contributed by atoms with Crippen LogP contribution in [0.5, 0.6) is 0 Å². The van der Waals surface area contributed by atoms with Gasteiger partial charge in [0.25, 0.3) is 0 Å². The van der Waals surface area contributed by atoms with Crippen molar-refractivity contribution in [2.45, 2.75) is 29.1 Å². The van der Waals surface area contributed by atoms with Gasteiger partial charge < -0.3 is 0 Å². The fraction of sp³-hybridized carbons (Fsp3) is 1.00. The maximum absolute atomic E-state index is 2.40. The largest absolute Gasteiger partial charge is 0.161 e. The first-order valence-electron chi connectivity index (χ1n) is 5.44. The van der Waals surface area contributed by atoms with Crippen LogP contribution < -0.4 is 0 Å². The van der Waals surface area contributed by atoms with Gasteiger partial charge in [0.05, 0.1) is 0 Å². The predicted molar refractivity (Wildman–Crippen MR) is 83.9 cm³/mol. The lowest BCUT2D eigenvalue weighted by Gasteiger charge is -2.23. The van der Waals surface area contributed by atoms with Crippen LogP contribution in [0.4, 0.5) is 0 Å². The van der Waals surface area contributed by atoms with Crippen LogP contribution in [0.2, 0.25) is 0 Å². The highest BCUT2D eigenvalue weighted by molar-refractivity contribution is 8.79. The molecule has 0 aromatic carbocycles. The van der Waals surface area contributed by atoms with E-state index in [9.17, 15) is 0 Å². The summed E-state index contributed by atoms with van der Waals surface area (Å²) >= 11 is 6.47. The summed E-state index contributed by atoms with van der Waals surface area (Å²) in [5.41, 5.74) is 0. The van der Waals surface area contributed by atoms with Crippen molar-refractivity contribution in [3.63, 3.8) is 0 Å². The van der Waals surface area contributed by atoms with Crippen LogP contribution in [-0.2, 0) is 0 Å². The Hall–Kier alpha value is 1.75. The van der Waals surface area contributed by atoms with Gasteiger partial charge in [-0.1, -0.05) is 28.5 Å². The maximum atomic E-state index is 2.40. The van der Waals surface area contributed by atoms with Crippen molar-refractivity contribution in [2.75, 3.05) is 28.8 Å². The highest BCUT2D eigenvalue weighted by Gasteiger charge is 2.23. The first-order valence-corrected chi connectivity index (χ1v) is 11.1. The molecule has 2 aliphatic heterocycles. The van der Waals surface area contributed by atoms with E-state index in [4.69, 9.17) is 0 Å². The van der Waals surface area contributed by atoms with Crippen molar-refractivity contribution in [2.24, 2.45) is 0 Å². The van der Waals surface area contributed by atoms with Crippen LogP contribution in [0, 0.1) is 0 Å². The van der Waals surface area contributed by atoms with Crippen LogP contribution in [0.3, 0.4) is 0 Å². The van der Waals surface area contributed by atoms with E-state index >= 15 is 0 Å². The zero-order valence-corrected chi connectivity index (χ0v) is 13.1. The summed E-state index contributed by atoms with van der Waals surface area (Å²) in [5.74, 6) is 6.96. The standard InChI is InChI=1S/C10H18S5/c1-8(12-5-9-6-13-9)2-3-11-4-10-7-14-15-10/h8-10H,2-7H2,1H3. The third-order valence-corrected chi connectivity index (χ3v) is 9.48. The molecule has 0 aromatic heterocycles. The van der Waals surface area contributed by atoms with Crippen molar-refractivity contribution in [3.05, 3.63) is 0 Å². The van der Waals surface area contributed by atoms with Gasteiger partial charge in [-0.15, -0.1) is 0 Å². The monoisotopic (exact) mass is 298 g/mol. The summed E-state index contributed by atoms with van der Waals surface area (Å²) in [7, 11) is 4.10. The first kappa shape index (κ1) is 13.2. The second kappa shape index (κ2) is 7.24. The van der Waals surface area contributed by atoms with E-state index in [-0.39, 0.29) is 0 Å². The average molecular weight is 299 g/mol. The molecule has 0 aromatic rings. The molecule has 2 fully saturated rings. The zero-order chi connectivity index (χ0) is 10.5. The second-order valence-corrected chi connectivity index (χ2v) is 10.6. The molecule has 15 heavy (non-hydrogen) atoms. The SMILES string of the molecule is CC(CCSCC1CSS1)SCC1CS1. The lowest BCUT2D eigenvalue weighted by Crippen LogP contribution is -2.16. The molecule has 2 aliphatic rings. The number of thioether (sulfide) groups is 3. The van der Waals surface area contributed by atoms with E-state index in [1.54, 1.807) is 0 Å². The smallest absolute Gasteiger partial charge is 0.0340 e. The van der Waals surface area contributed by atoms with Gasteiger partial charge in [-0.3, -0.25) is 0 Å². The molecule has 2 saturated heterocycles. The molecule has 0 aliphatic carbocycles. The molecular formula is C10H18S5. The Labute approximate surface area is 114 Å². The fourth-order valence-corrected chi connectivity index (χ4v) is 7.00. The number of hydrogen-bond acceptors (Lipinski definition) is 5. The Kier molecular flexibility index (Phi) is 6.37. The highest BCUT2D eigenvalue weighted by Crippen LogP contribution is 2.42. The summed E-state index contributed by atoms with van der Waals surface area (Å²) in [4.78, 5) is 0. The highest BCUT2D eigenvalue weighted by atomic mass is 33.1. The van der Waals surface area contributed by atoms with Crippen LogP contribution in [0.1, 0.15) is 13.3 Å². The van der Waals surface area contributed by atoms with Crippen LogP contribution in [0.15, 0.2) is 0 Å². The van der Waals surface area contributed by atoms with Gasteiger partial charge in [-0.25, -0.2) is 0 Å². The van der Waals surface area contributed by atoms with Crippen molar-refractivity contribution in [1.82, 2.24) is 0 Å². The summed E-state index contributed by atoms with van der Waals surface area (Å²) < 4.78 is 0. The zero-order valence-electron chi connectivity index (χ0n) is 9.02. The number of rotatable bonds is 8. The molecule has 2 heterocycles. The van der Waals surface area contributed by atoms with Gasteiger partial charge >= 0.3 is 0 Å². The molecule has 3 unspecified atom stereocenters. The Bertz CT molecular complexity index is 179. The maximum Gasteiger partial charge on any atom is 0.0340 e. The van der Waals surface area contributed by atoms with E-state index in [1.807, 2.05) is 10.8 Å². The minimum absolute atomic E-state index is 0.877. The van der Waals surface area contributed by atoms with Crippen LogP contribution >= 0.6 is 56.9 Å². The third-order valence-electron chi connectivity index (χ3n) is 2.40. The van der Waals surface area contributed by atoms with Gasteiger partial charge in [0.2, 0.25) is 0 Å². The Morgan fingerprint density at radius 3 is 2.67 bits per heavy atom. The molecule has 0 bridgehead atoms. The lowest BCUT2D eigenvalue weighted by molar-refractivity contribution is 0.914. The second-order valence-electron chi connectivity index (χ2n) is 3.97. The van der Waals surface area contributed by atoms with E-state index in [0.717, 1.165) is 15.7 Å². The molecule has 0 N–H and O–H groups in total. The Balaban J connectivity index is 1.38. The van der Waals surface area contributed by atoms with Crippen molar-refractivity contribution in [3.8, 4) is 0 Å². The van der Waals surface area contributed by atoms with Gasteiger partial charge in [-0.2, -0.15) is 35.3 Å². The molecule has 0 saturated carbocycles. The summed E-state index contributed by atoms with van der Waals surface area (Å²) in [6.45, 7) is 2.40. The molecular weight excluding hydrogens is 280 g/mol. The molecule has 88 valence electrons. The normalized spacial score (nSPS) is 31.0. The Morgan fingerprint density at radius 2 is 2.07 bits per heavy atom. The first-order chi connectivity index (χ1) is 7.34. The van der Waals surface area contributed by atoms with E-state index in [1.165, 1.54) is 35.2 Å². The van der Waals surface area contributed by atoms with Crippen LogP contribution in [-0.4, -0.2) is 44.5 Å². The van der Waals surface area contributed by atoms with E-state index in [0.29, 0.717) is 0 Å². The minimum Gasteiger partial charge on any atom is -0.161 e. The molecule has 0 amide bonds. The lowest BCUT2D eigenvalue weighted by atomic mass is 10.4. The van der Waals surface area contributed by atoms with Gasteiger partial charge in [-0.05, 0) is 12.2 Å². The fourth-order valence-electron chi connectivity index (χ4n) is 1.22. The predicted octanol–water partition coefficient (Wildman–Crippen LogP) is 4.11. The molecule has 3 atom stereocenters. The van der Waals surface area contributed by atoms with Crippen LogP contribution in [0.25, 0.3) is 0 Å². The third kappa shape index (κ3) is 5.75. The van der Waals surface area contributed by atoms with Gasteiger partial charge in [0, 0.05) is 38.8 Å². The summed E-state index contributed by atoms with van der Waals surface area (Å²) in [5, 5.41) is 2.85.